The third-order valence-electron chi connectivity index (χ3n) is 3.38. The van der Waals surface area contributed by atoms with Crippen molar-refractivity contribution in [3.63, 3.8) is 0 Å². The van der Waals surface area contributed by atoms with Crippen LogP contribution in [0.2, 0.25) is 0 Å². The van der Waals surface area contributed by atoms with Crippen molar-refractivity contribution in [2.45, 2.75) is 13.3 Å². The number of methoxy groups -OCH3 is 1. The second-order valence-electron chi connectivity index (χ2n) is 5.32. The number of benzene rings is 1. The van der Waals surface area contributed by atoms with Crippen molar-refractivity contribution in [2.24, 2.45) is 0 Å². The quantitative estimate of drug-likeness (QED) is 0.523. The van der Waals surface area contributed by atoms with Crippen LogP contribution in [-0.2, 0) is 9.47 Å². The summed E-state index contributed by atoms with van der Waals surface area (Å²) in [5.41, 5.74) is 1.57. The van der Waals surface area contributed by atoms with Crippen LogP contribution in [0, 0.1) is 0 Å². The molecule has 1 aromatic carbocycles. The number of hydrogen-bond acceptors (Lipinski definition) is 7. The standard InChI is InChI=1S/C18H22N4O4/c1-3-26-17(24)13-5-7-15(8-6-13)22-18-20-11-14(12-21-18)16(23)19-9-4-10-25-2/h5-8,11-12H,3-4,9-10H2,1-2H3,(H,19,23)(H,20,21,22). The fourth-order valence-electron chi connectivity index (χ4n) is 2.06. The van der Waals surface area contributed by atoms with E-state index in [2.05, 4.69) is 20.6 Å². The molecule has 1 heterocycles. The minimum absolute atomic E-state index is 0.230. The van der Waals surface area contributed by atoms with Crippen LogP contribution in [0.3, 0.4) is 0 Å². The molecule has 2 rings (SSSR count). The molecule has 0 saturated carbocycles. The normalized spacial score (nSPS) is 10.2. The second-order valence-corrected chi connectivity index (χ2v) is 5.32. The molecule has 0 atom stereocenters. The Bertz CT molecular complexity index is 717. The van der Waals surface area contributed by atoms with Gasteiger partial charge in [-0.3, -0.25) is 4.79 Å². The van der Waals surface area contributed by atoms with Crippen LogP contribution in [-0.4, -0.2) is 48.7 Å². The van der Waals surface area contributed by atoms with Gasteiger partial charge in [0, 0.05) is 38.3 Å². The summed E-state index contributed by atoms with van der Waals surface area (Å²) < 4.78 is 9.86. The van der Waals surface area contributed by atoms with Crippen molar-refractivity contribution in [2.75, 3.05) is 32.2 Å². The molecule has 1 amide bonds. The Balaban J connectivity index is 1.90. The van der Waals surface area contributed by atoms with Crippen LogP contribution >= 0.6 is 0 Å². The highest BCUT2D eigenvalue weighted by Crippen LogP contribution is 2.14. The van der Waals surface area contributed by atoms with Crippen molar-refractivity contribution in [1.29, 1.82) is 0 Å². The summed E-state index contributed by atoms with van der Waals surface area (Å²) in [5.74, 6) is -0.243. The minimum atomic E-state index is -0.365. The van der Waals surface area contributed by atoms with Crippen LogP contribution in [0.4, 0.5) is 11.6 Å². The molecule has 0 unspecified atom stereocenters. The van der Waals surface area contributed by atoms with Crippen LogP contribution in [0.1, 0.15) is 34.1 Å². The largest absolute Gasteiger partial charge is 0.462 e. The molecule has 0 radical (unpaired) electrons. The Morgan fingerprint density at radius 1 is 1.08 bits per heavy atom. The first kappa shape index (κ1) is 19.3. The van der Waals surface area contributed by atoms with Crippen molar-refractivity contribution in [1.82, 2.24) is 15.3 Å². The van der Waals surface area contributed by atoms with E-state index in [9.17, 15) is 9.59 Å². The predicted molar refractivity (Wildman–Crippen MR) is 96.5 cm³/mol. The zero-order valence-corrected chi connectivity index (χ0v) is 14.8. The Labute approximate surface area is 151 Å². The molecule has 2 aromatic rings. The van der Waals surface area contributed by atoms with E-state index in [0.717, 1.165) is 12.1 Å². The molecule has 0 saturated heterocycles. The Hall–Kier alpha value is -3.00. The number of ether oxygens (including phenoxy) is 2. The first-order valence-electron chi connectivity index (χ1n) is 8.27. The topological polar surface area (TPSA) is 102 Å². The van der Waals surface area contributed by atoms with Crippen molar-refractivity contribution < 1.29 is 19.1 Å². The maximum atomic E-state index is 11.9. The number of anilines is 2. The van der Waals surface area contributed by atoms with E-state index in [0.29, 0.717) is 36.8 Å². The van der Waals surface area contributed by atoms with E-state index in [4.69, 9.17) is 9.47 Å². The van der Waals surface area contributed by atoms with Gasteiger partial charge < -0.3 is 20.1 Å². The lowest BCUT2D eigenvalue weighted by Gasteiger charge is -2.07. The van der Waals surface area contributed by atoms with Gasteiger partial charge in [0.25, 0.3) is 5.91 Å². The Morgan fingerprint density at radius 2 is 1.77 bits per heavy atom. The van der Waals surface area contributed by atoms with E-state index < -0.39 is 0 Å². The van der Waals surface area contributed by atoms with Crippen LogP contribution in [0.15, 0.2) is 36.7 Å². The molecule has 138 valence electrons. The van der Waals surface area contributed by atoms with Gasteiger partial charge in [0.2, 0.25) is 5.95 Å². The monoisotopic (exact) mass is 358 g/mol. The molecule has 0 aliphatic heterocycles. The molecule has 0 spiro atoms. The number of carbonyl (C=O) groups is 2. The number of rotatable bonds is 9. The van der Waals surface area contributed by atoms with Crippen LogP contribution in [0.5, 0.6) is 0 Å². The SMILES string of the molecule is CCOC(=O)c1ccc(Nc2ncc(C(=O)NCCCOC)cn2)cc1. The highest BCUT2D eigenvalue weighted by atomic mass is 16.5. The fraction of sp³-hybridized carbons (Fsp3) is 0.333. The van der Waals surface area contributed by atoms with Gasteiger partial charge >= 0.3 is 5.97 Å². The number of nitrogens with zero attached hydrogens (tertiary/aromatic N) is 2. The molecule has 1 aromatic heterocycles. The molecule has 8 nitrogen and oxygen atoms in total. The minimum Gasteiger partial charge on any atom is -0.462 e. The van der Waals surface area contributed by atoms with Crippen LogP contribution < -0.4 is 10.6 Å². The van der Waals surface area contributed by atoms with Gasteiger partial charge in [0.15, 0.2) is 0 Å². The molecule has 0 bridgehead atoms. The number of carbonyl (C=O) groups excluding carboxylic acids is 2. The number of nitrogens with one attached hydrogen (secondary N) is 2. The highest BCUT2D eigenvalue weighted by molar-refractivity contribution is 5.93. The Morgan fingerprint density at radius 3 is 2.38 bits per heavy atom. The lowest BCUT2D eigenvalue weighted by molar-refractivity contribution is 0.0526. The number of hydrogen-bond donors (Lipinski definition) is 2. The third-order valence-corrected chi connectivity index (χ3v) is 3.38. The lowest BCUT2D eigenvalue weighted by Crippen LogP contribution is -2.25. The van der Waals surface area contributed by atoms with Crippen molar-refractivity contribution in [3.8, 4) is 0 Å². The average molecular weight is 358 g/mol. The summed E-state index contributed by atoms with van der Waals surface area (Å²) in [6.45, 7) is 3.21. The zero-order valence-electron chi connectivity index (χ0n) is 14.8. The van der Waals surface area contributed by atoms with Gasteiger partial charge in [-0.05, 0) is 37.6 Å². The molecular weight excluding hydrogens is 336 g/mol. The number of aromatic nitrogens is 2. The maximum Gasteiger partial charge on any atom is 0.338 e. The van der Waals surface area contributed by atoms with E-state index in [1.807, 2.05) is 0 Å². The lowest BCUT2D eigenvalue weighted by atomic mass is 10.2. The molecule has 0 aliphatic carbocycles. The van der Waals surface area contributed by atoms with Gasteiger partial charge in [-0.1, -0.05) is 0 Å². The number of amides is 1. The van der Waals surface area contributed by atoms with E-state index in [1.165, 1.54) is 12.4 Å². The molecule has 2 N–H and O–H groups in total. The fourth-order valence-corrected chi connectivity index (χ4v) is 2.06. The molecule has 26 heavy (non-hydrogen) atoms. The van der Waals surface area contributed by atoms with Gasteiger partial charge in [0.05, 0.1) is 17.7 Å². The summed E-state index contributed by atoms with van der Waals surface area (Å²) in [7, 11) is 1.62. The molecule has 0 aliphatic rings. The molecule has 0 fully saturated rings. The third kappa shape index (κ3) is 5.82. The van der Waals surface area contributed by atoms with Crippen molar-refractivity contribution >= 4 is 23.5 Å². The second kappa shape index (κ2) is 10.1. The first-order chi connectivity index (χ1) is 12.6. The van der Waals surface area contributed by atoms with Crippen molar-refractivity contribution in [3.05, 3.63) is 47.8 Å². The summed E-state index contributed by atoms with van der Waals surface area (Å²) in [6, 6.07) is 6.77. The highest BCUT2D eigenvalue weighted by Gasteiger charge is 2.08. The van der Waals surface area contributed by atoms with Gasteiger partial charge in [0.1, 0.15) is 0 Å². The summed E-state index contributed by atoms with van der Waals surface area (Å²) >= 11 is 0. The summed E-state index contributed by atoms with van der Waals surface area (Å²) in [5, 5.41) is 5.77. The van der Waals surface area contributed by atoms with Gasteiger partial charge in [-0.15, -0.1) is 0 Å². The van der Waals surface area contributed by atoms with E-state index in [-0.39, 0.29) is 11.9 Å². The predicted octanol–water partition coefficient (Wildman–Crippen LogP) is 2.16. The molecular formula is C18H22N4O4. The first-order valence-corrected chi connectivity index (χ1v) is 8.27. The van der Waals surface area contributed by atoms with Crippen LogP contribution in [0.25, 0.3) is 0 Å². The Kier molecular flexibility index (Phi) is 7.50. The maximum absolute atomic E-state index is 11.9. The number of esters is 1. The van der Waals surface area contributed by atoms with Gasteiger partial charge in [-0.2, -0.15) is 0 Å². The summed E-state index contributed by atoms with van der Waals surface area (Å²) in [4.78, 5) is 31.8. The van der Waals surface area contributed by atoms with E-state index in [1.54, 1.807) is 38.3 Å². The van der Waals surface area contributed by atoms with E-state index >= 15 is 0 Å². The molecule has 8 heteroatoms. The zero-order chi connectivity index (χ0) is 18.8. The summed E-state index contributed by atoms with van der Waals surface area (Å²) in [6.07, 6.45) is 3.65. The average Bonchev–Trinajstić information content (AvgIpc) is 2.66. The van der Waals surface area contributed by atoms with Gasteiger partial charge in [-0.25, -0.2) is 14.8 Å². The smallest absolute Gasteiger partial charge is 0.338 e.